The topological polar surface area (TPSA) is 62.4 Å². The second-order valence-electron chi connectivity index (χ2n) is 7.98. The smallest absolute Gasteiger partial charge is 0.0830 e. The van der Waals surface area contributed by atoms with Crippen LogP contribution in [0.1, 0.15) is 35.6 Å². The number of nitrogens with zero attached hydrogens (tertiary/aromatic N) is 2. The van der Waals surface area contributed by atoms with E-state index in [0.29, 0.717) is 0 Å². The van der Waals surface area contributed by atoms with Gasteiger partial charge in [-0.15, -0.1) is 0 Å². The zero-order valence-electron chi connectivity index (χ0n) is 15.4. The van der Waals surface area contributed by atoms with Crippen molar-refractivity contribution in [3.8, 4) is 0 Å². The van der Waals surface area contributed by atoms with Crippen LogP contribution in [0.3, 0.4) is 0 Å². The number of rotatable bonds is 2. The number of pyridine rings is 1. The third kappa shape index (κ3) is 2.59. The minimum Gasteiger partial charge on any atom is -0.390 e. The van der Waals surface area contributed by atoms with Gasteiger partial charge in [-0.05, 0) is 54.8 Å². The normalized spacial score (nSPS) is 24.4. The van der Waals surface area contributed by atoms with E-state index in [2.05, 4.69) is 52.3 Å². The number of hydrogen-bond acceptors (Lipinski definition) is 4. The molecule has 4 nitrogen and oxygen atoms in total. The number of likely N-dealkylation sites (tertiary alicyclic amines) is 1. The molecule has 3 aromatic rings. The number of aliphatic hydroxyl groups excluding tert-OH is 1. The fraction of sp³-hybridized carbons (Fsp3) is 0.348. The van der Waals surface area contributed by atoms with Crippen LogP contribution in [0.2, 0.25) is 0 Å². The van der Waals surface area contributed by atoms with Gasteiger partial charge in [0.05, 0.1) is 17.7 Å². The summed E-state index contributed by atoms with van der Waals surface area (Å²) < 4.78 is 0. The van der Waals surface area contributed by atoms with Crippen LogP contribution in [0.4, 0.5) is 0 Å². The van der Waals surface area contributed by atoms with Gasteiger partial charge in [0.15, 0.2) is 0 Å². The summed E-state index contributed by atoms with van der Waals surface area (Å²) in [5, 5.41) is 12.2. The maximum absolute atomic E-state index is 11.0. The molecule has 0 unspecified atom stereocenters. The van der Waals surface area contributed by atoms with Crippen LogP contribution in [-0.2, 0) is 12.0 Å². The Balaban J connectivity index is 1.38. The van der Waals surface area contributed by atoms with Gasteiger partial charge in [0, 0.05) is 23.5 Å². The van der Waals surface area contributed by atoms with Crippen molar-refractivity contribution >= 4 is 10.9 Å². The molecule has 2 heterocycles. The predicted molar refractivity (Wildman–Crippen MR) is 107 cm³/mol. The van der Waals surface area contributed by atoms with Crippen molar-refractivity contribution in [2.45, 2.75) is 36.9 Å². The molecule has 2 atom stereocenters. The Hall–Kier alpha value is -2.27. The molecule has 1 aliphatic heterocycles. The second-order valence-corrected chi connectivity index (χ2v) is 7.98. The van der Waals surface area contributed by atoms with E-state index in [1.54, 1.807) is 0 Å². The number of piperidine rings is 1. The summed E-state index contributed by atoms with van der Waals surface area (Å²) in [4.78, 5) is 6.96. The summed E-state index contributed by atoms with van der Waals surface area (Å²) in [6.45, 7) is 2.85. The highest BCUT2D eigenvalue weighted by atomic mass is 16.3. The van der Waals surface area contributed by atoms with Gasteiger partial charge in [-0.2, -0.15) is 0 Å². The zero-order valence-corrected chi connectivity index (χ0v) is 15.4. The molecule has 0 radical (unpaired) electrons. The molecule has 2 aliphatic rings. The molecule has 1 aliphatic carbocycles. The minimum atomic E-state index is -0.487. The van der Waals surface area contributed by atoms with E-state index in [1.165, 1.54) is 16.5 Å². The molecular weight excluding hydrogens is 334 g/mol. The van der Waals surface area contributed by atoms with Crippen LogP contribution in [0, 0.1) is 0 Å². The lowest BCUT2D eigenvalue weighted by atomic mass is 9.72. The van der Waals surface area contributed by atoms with Crippen molar-refractivity contribution < 1.29 is 5.11 Å². The molecule has 138 valence electrons. The van der Waals surface area contributed by atoms with Crippen LogP contribution in [0.5, 0.6) is 0 Å². The van der Waals surface area contributed by atoms with E-state index in [9.17, 15) is 5.11 Å². The highest BCUT2D eigenvalue weighted by Crippen LogP contribution is 2.50. The van der Waals surface area contributed by atoms with Crippen LogP contribution in [-0.4, -0.2) is 34.2 Å². The quantitative estimate of drug-likeness (QED) is 0.738. The molecule has 0 saturated carbocycles. The van der Waals surface area contributed by atoms with E-state index in [1.807, 2.05) is 18.3 Å². The van der Waals surface area contributed by atoms with E-state index >= 15 is 0 Å². The molecule has 2 aromatic carbocycles. The first-order valence-corrected chi connectivity index (χ1v) is 9.77. The van der Waals surface area contributed by atoms with Gasteiger partial charge in [0.25, 0.3) is 0 Å². The molecule has 0 amide bonds. The van der Waals surface area contributed by atoms with Crippen LogP contribution in [0.25, 0.3) is 10.9 Å². The first-order chi connectivity index (χ1) is 13.2. The minimum absolute atomic E-state index is 0.188. The average molecular weight is 359 g/mol. The molecular formula is C23H25N3O. The summed E-state index contributed by atoms with van der Waals surface area (Å²) in [7, 11) is 0. The van der Waals surface area contributed by atoms with Crippen molar-refractivity contribution in [1.29, 1.82) is 0 Å². The van der Waals surface area contributed by atoms with Crippen molar-refractivity contribution in [3.05, 3.63) is 77.5 Å². The Morgan fingerprint density at radius 3 is 2.63 bits per heavy atom. The fourth-order valence-electron chi connectivity index (χ4n) is 5.12. The highest BCUT2D eigenvalue weighted by molar-refractivity contribution is 5.81. The van der Waals surface area contributed by atoms with Gasteiger partial charge in [-0.3, -0.25) is 9.88 Å². The van der Waals surface area contributed by atoms with Crippen molar-refractivity contribution in [2.75, 3.05) is 13.1 Å². The molecule has 5 rings (SSSR count). The number of nitrogens with two attached hydrogens (primary N) is 1. The second kappa shape index (κ2) is 6.41. The van der Waals surface area contributed by atoms with E-state index in [4.69, 9.17) is 5.73 Å². The van der Waals surface area contributed by atoms with Crippen molar-refractivity contribution in [1.82, 2.24) is 9.88 Å². The van der Waals surface area contributed by atoms with Crippen molar-refractivity contribution in [3.63, 3.8) is 0 Å². The van der Waals surface area contributed by atoms with Gasteiger partial charge in [-0.1, -0.05) is 42.5 Å². The van der Waals surface area contributed by atoms with Gasteiger partial charge in [-0.25, -0.2) is 0 Å². The molecule has 0 bridgehead atoms. The lowest BCUT2D eigenvalue weighted by Gasteiger charge is -2.42. The lowest BCUT2D eigenvalue weighted by Crippen LogP contribution is -2.48. The maximum atomic E-state index is 11.0. The molecule has 1 spiro atoms. The van der Waals surface area contributed by atoms with Crippen LogP contribution >= 0.6 is 0 Å². The summed E-state index contributed by atoms with van der Waals surface area (Å²) in [6, 6.07) is 18.5. The first-order valence-electron chi connectivity index (χ1n) is 9.77. The largest absolute Gasteiger partial charge is 0.390 e. The van der Waals surface area contributed by atoms with Crippen molar-refractivity contribution in [2.24, 2.45) is 5.73 Å². The van der Waals surface area contributed by atoms with Gasteiger partial charge in [0.2, 0.25) is 0 Å². The Morgan fingerprint density at radius 2 is 1.78 bits per heavy atom. The van der Waals surface area contributed by atoms with Gasteiger partial charge >= 0.3 is 0 Å². The lowest BCUT2D eigenvalue weighted by molar-refractivity contribution is 0.0272. The summed E-state index contributed by atoms with van der Waals surface area (Å²) in [5.41, 5.74) is 10.9. The molecule has 1 fully saturated rings. The van der Waals surface area contributed by atoms with Crippen LogP contribution < -0.4 is 5.73 Å². The third-order valence-electron chi connectivity index (χ3n) is 6.64. The summed E-state index contributed by atoms with van der Waals surface area (Å²) >= 11 is 0. The highest BCUT2D eigenvalue weighted by Gasteiger charge is 2.51. The number of aromatic nitrogens is 1. The molecule has 27 heavy (non-hydrogen) atoms. The number of para-hydroxylation sites is 1. The van der Waals surface area contributed by atoms with E-state index < -0.39 is 6.10 Å². The van der Waals surface area contributed by atoms with E-state index in [0.717, 1.165) is 43.6 Å². The van der Waals surface area contributed by atoms with E-state index in [-0.39, 0.29) is 11.5 Å². The number of fused-ring (bicyclic) bond motifs is 3. The summed E-state index contributed by atoms with van der Waals surface area (Å²) in [5.74, 6) is 0. The fourth-order valence-corrected chi connectivity index (χ4v) is 5.12. The van der Waals surface area contributed by atoms with Crippen LogP contribution in [0.15, 0.2) is 60.8 Å². The number of aliphatic hydroxyl groups is 1. The first kappa shape index (κ1) is 16.9. The van der Waals surface area contributed by atoms with Gasteiger partial charge < -0.3 is 10.8 Å². The molecule has 1 saturated heterocycles. The van der Waals surface area contributed by atoms with Gasteiger partial charge in [0.1, 0.15) is 0 Å². The zero-order chi connectivity index (χ0) is 18.4. The third-order valence-corrected chi connectivity index (χ3v) is 6.64. The Kier molecular flexibility index (Phi) is 4.01. The standard InChI is InChI=1S/C23H25N3O/c24-21-18-6-1-3-7-19(18)23(22(21)27)10-13-26(14-11-23)15-16-9-12-25-20-8-4-2-5-17(16)20/h1-9,12,21-22,27H,10-11,13-15,24H2/t21-,22+/m1/s1. The summed E-state index contributed by atoms with van der Waals surface area (Å²) in [6.07, 6.45) is 3.31. The molecule has 3 N–H and O–H groups in total. The predicted octanol–water partition coefficient (Wildman–Crippen LogP) is 3.14. The maximum Gasteiger partial charge on any atom is 0.0830 e. The Labute approximate surface area is 159 Å². The molecule has 1 aromatic heterocycles. The average Bonchev–Trinajstić information content (AvgIpc) is 2.93. The SMILES string of the molecule is N[C@@H]1c2ccccc2C2(CCN(Cc3ccnc4ccccc34)CC2)[C@H]1O. The molecule has 4 heteroatoms. The number of benzene rings is 2. The Morgan fingerprint density at radius 1 is 1.04 bits per heavy atom. The monoisotopic (exact) mass is 359 g/mol. The Bertz CT molecular complexity index is 973. The number of hydrogen-bond donors (Lipinski definition) is 2.